The van der Waals surface area contributed by atoms with Crippen LogP contribution >= 0.6 is 23.2 Å². The highest BCUT2D eigenvalue weighted by Crippen LogP contribution is 2.21. The molecule has 3 rings (SSSR count). The molecule has 0 aliphatic carbocycles. The summed E-state index contributed by atoms with van der Waals surface area (Å²) in [6.07, 6.45) is 0.521. The number of halogens is 2. The number of carbonyl (C=O) groups is 1. The van der Waals surface area contributed by atoms with Gasteiger partial charge >= 0.3 is 11.1 Å². The SMILES string of the molecule is O=C(Cn1c(=O)c(=O)[nH]c2ccccc21)NCCc1ccc(Cl)cc1Cl. The van der Waals surface area contributed by atoms with Crippen LogP contribution in [-0.2, 0) is 17.8 Å². The number of fused-ring (bicyclic) bond motifs is 1. The largest absolute Gasteiger partial charge is 0.354 e. The number of nitrogens with one attached hydrogen (secondary N) is 2. The molecule has 8 heteroatoms. The van der Waals surface area contributed by atoms with Gasteiger partial charge in [-0.25, -0.2) is 0 Å². The van der Waals surface area contributed by atoms with Crippen molar-refractivity contribution >= 4 is 40.1 Å². The zero-order valence-corrected chi connectivity index (χ0v) is 15.1. The number of benzene rings is 2. The zero-order valence-electron chi connectivity index (χ0n) is 13.6. The monoisotopic (exact) mass is 391 g/mol. The third-order valence-corrected chi connectivity index (χ3v) is 4.50. The lowest BCUT2D eigenvalue weighted by Gasteiger charge is -2.10. The summed E-state index contributed by atoms with van der Waals surface area (Å²) in [5.74, 6) is -0.368. The molecule has 0 spiro atoms. The summed E-state index contributed by atoms with van der Waals surface area (Å²) < 4.78 is 1.17. The Bertz CT molecular complexity index is 1090. The fourth-order valence-electron chi connectivity index (χ4n) is 2.64. The van der Waals surface area contributed by atoms with E-state index in [1.807, 2.05) is 0 Å². The van der Waals surface area contributed by atoms with E-state index in [1.54, 1.807) is 42.5 Å². The molecule has 6 nitrogen and oxygen atoms in total. The van der Waals surface area contributed by atoms with Crippen LogP contribution in [0.5, 0.6) is 0 Å². The molecule has 0 unspecified atom stereocenters. The number of H-pyrrole nitrogens is 1. The number of rotatable bonds is 5. The molecule has 1 aromatic heterocycles. The minimum atomic E-state index is -0.764. The highest BCUT2D eigenvalue weighted by Gasteiger charge is 2.11. The predicted octanol–water partition coefficient (Wildman–Crippen LogP) is 2.36. The molecular weight excluding hydrogens is 377 g/mol. The molecule has 0 saturated carbocycles. The Kier molecular flexibility index (Phi) is 5.44. The van der Waals surface area contributed by atoms with Crippen LogP contribution in [0.15, 0.2) is 52.1 Å². The summed E-state index contributed by atoms with van der Waals surface area (Å²) >= 11 is 11.9. The minimum Gasteiger partial charge on any atom is -0.354 e. The quantitative estimate of drug-likeness (QED) is 0.654. The molecule has 1 amide bonds. The van der Waals surface area contributed by atoms with Gasteiger partial charge in [-0.1, -0.05) is 41.4 Å². The van der Waals surface area contributed by atoms with Gasteiger partial charge in [-0.05, 0) is 36.2 Å². The van der Waals surface area contributed by atoms with Crippen LogP contribution < -0.4 is 16.4 Å². The molecule has 0 aliphatic heterocycles. The van der Waals surface area contributed by atoms with Crippen LogP contribution in [0, 0.1) is 0 Å². The van der Waals surface area contributed by atoms with Gasteiger partial charge in [-0.3, -0.25) is 19.0 Å². The normalized spacial score (nSPS) is 10.8. The second kappa shape index (κ2) is 7.76. The van der Waals surface area contributed by atoms with Crippen molar-refractivity contribution < 1.29 is 4.79 Å². The number of aromatic nitrogens is 2. The highest BCUT2D eigenvalue weighted by molar-refractivity contribution is 6.35. The standard InChI is InChI=1S/C18H15Cl2N3O3/c19-12-6-5-11(13(20)9-12)7-8-21-16(24)10-23-15-4-2-1-3-14(15)22-17(25)18(23)26/h1-6,9H,7-8,10H2,(H,21,24)(H,22,25). The Balaban J connectivity index is 1.71. The molecule has 0 fully saturated rings. The van der Waals surface area contributed by atoms with E-state index in [0.29, 0.717) is 34.0 Å². The maximum atomic E-state index is 12.2. The number of carbonyl (C=O) groups excluding carboxylic acids is 1. The summed E-state index contributed by atoms with van der Waals surface area (Å²) in [5.41, 5.74) is 0.324. The molecule has 134 valence electrons. The highest BCUT2D eigenvalue weighted by atomic mass is 35.5. The number of hydrogen-bond acceptors (Lipinski definition) is 3. The van der Waals surface area contributed by atoms with Gasteiger partial charge in [0.25, 0.3) is 0 Å². The smallest absolute Gasteiger partial charge is 0.317 e. The van der Waals surface area contributed by atoms with Crippen molar-refractivity contribution in [2.45, 2.75) is 13.0 Å². The third kappa shape index (κ3) is 3.98. The molecule has 1 heterocycles. The maximum Gasteiger partial charge on any atom is 0.317 e. The van der Waals surface area contributed by atoms with Gasteiger partial charge < -0.3 is 10.3 Å². The van der Waals surface area contributed by atoms with E-state index in [2.05, 4.69) is 10.3 Å². The molecule has 26 heavy (non-hydrogen) atoms. The molecule has 2 aromatic carbocycles. The number of aromatic amines is 1. The predicted molar refractivity (Wildman–Crippen MR) is 102 cm³/mol. The van der Waals surface area contributed by atoms with Gasteiger partial charge in [-0.2, -0.15) is 0 Å². The first-order valence-corrected chi connectivity index (χ1v) is 8.64. The second-order valence-electron chi connectivity index (χ2n) is 5.70. The molecule has 0 atom stereocenters. The zero-order chi connectivity index (χ0) is 18.7. The Morgan fingerprint density at radius 2 is 1.88 bits per heavy atom. The number of para-hydroxylation sites is 2. The summed E-state index contributed by atoms with van der Waals surface area (Å²) in [6.45, 7) is 0.105. The second-order valence-corrected chi connectivity index (χ2v) is 6.54. The van der Waals surface area contributed by atoms with E-state index in [4.69, 9.17) is 23.2 Å². The molecular formula is C18H15Cl2N3O3. The molecule has 0 bridgehead atoms. The Labute approximate surface area is 158 Å². The summed E-state index contributed by atoms with van der Waals surface area (Å²) in [6, 6.07) is 12.0. The van der Waals surface area contributed by atoms with Crippen molar-refractivity contribution in [3.8, 4) is 0 Å². The average molecular weight is 392 g/mol. The van der Waals surface area contributed by atoms with Crippen LogP contribution in [0.3, 0.4) is 0 Å². The van der Waals surface area contributed by atoms with Gasteiger partial charge in [0.05, 0.1) is 11.0 Å². The van der Waals surface area contributed by atoms with Gasteiger partial charge in [0, 0.05) is 16.6 Å². The summed E-state index contributed by atoms with van der Waals surface area (Å²) in [4.78, 5) is 38.6. The van der Waals surface area contributed by atoms with Crippen LogP contribution in [0.1, 0.15) is 5.56 Å². The van der Waals surface area contributed by atoms with Gasteiger partial charge in [0.15, 0.2) is 0 Å². The van der Waals surface area contributed by atoms with Gasteiger partial charge in [-0.15, -0.1) is 0 Å². The van der Waals surface area contributed by atoms with Crippen molar-refractivity contribution in [1.29, 1.82) is 0 Å². The number of nitrogens with zero attached hydrogens (tertiary/aromatic N) is 1. The minimum absolute atomic E-state index is 0.238. The summed E-state index contributed by atoms with van der Waals surface area (Å²) in [7, 11) is 0. The fraction of sp³-hybridized carbons (Fsp3) is 0.167. The van der Waals surface area contributed by atoms with E-state index < -0.39 is 11.1 Å². The van der Waals surface area contributed by atoms with Crippen LogP contribution in [-0.4, -0.2) is 22.0 Å². The van der Waals surface area contributed by atoms with Crippen molar-refractivity contribution in [1.82, 2.24) is 14.9 Å². The Hall–Kier alpha value is -2.57. The Morgan fingerprint density at radius 1 is 1.12 bits per heavy atom. The molecule has 0 aliphatic rings. The van der Waals surface area contributed by atoms with Crippen molar-refractivity contribution in [3.63, 3.8) is 0 Å². The Morgan fingerprint density at radius 3 is 2.65 bits per heavy atom. The van der Waals surface area contributed by atoms with Crippen molar-refractivity contribution in [2.75, 3.05) is 6.54 Å². The van der Waals surface area contributed by atoms with Gasteiger partial charge in [0.1, 0.15) is 6.54 Å². The lowest BCUT2D eigenvalue weighted by Crippen LogP contribution is -2.40. The van der Waals surface area contributed by atoms with Crippen LogP contribution in [0.4, 0.5) is 0 Å². The van der Waals surface area contributed by atoms with Crippen LogP contribution in [0.25, 0.3) is 11.0 Å². The van der Waals surface area contributed by atoms with Crippen LogP contribution in [0.2, 0.25) is 10.0 Å². The van der Waals surface area contributed by atoms with Gasteiger partial charge in [0.2, 0.25) is 5.91 Å². The van der Waals surface area contributed by atoms with E-state index >= 15 is 0 Å². The van der Waals surface area contributed by atoms with Crippen molar-refractivity contribution in [3.05, 3.63) is 78.8 Å². The number of hydrogen-bond donors (Lipinski definition) is 2. The first-order chi connectivity index (χ1) is 12.5. The van der Waals surface area contributed by atoms with E-state index in [1.165, 1.54) is 4.57 Å². The van der Waals surface area contributed by atoms with E-state index in [0.717, 1.165) is 5.56 Å². The molecule has 2 N–H and O–H groups in total. The lowest BCUT2D eigenvalue weighted by molar-refractivity contribution is -0.121. The van der Waals surface area contributed by atoms with Crippen molar-refractivity contribution in [2.24, 2.45) is 0 Å². The third-order valence-electron chi connectivity index (χ3n) is 3.92. The molecule has 0 saturated heterocycles. The first kappa shape index (κ1) is 18.2. The first-order valence-electron chi connectivity index (χ1n) is 7.88. The molecule has 0 radical (unpaired) electrons. The average Bonchev–Trinajstić information content (AvgIpc) is 2.61. The number of amides is 1. The topological polar surface area (TPSA) is 84.0 Å². The maximum absolute atomic E-state index is 12.2. The van der Waals surface area contributed by atoms with E-state index in [-0.39, 0.29) is 12.5 Å². The van der Waals surface area contributed by atoms with E-state index in [9.17, 15) is 14.4 Å². The lowest BCUT2D eigenvalue weighted by atomic mass is 10.1. The summed E-state index contributed by atoms with van der Waals surface area (Å²) in [5, 5.41) is 3.81. The molecule has 3 aromatic rings. The fourth-order valence-corrected chi connectivity index (χ4v) is 3.14.